The molecule has 61 heavy (non-hydrogen) atoms. The molecule has 13 nitrogen and oxygen atoms in total. The van der Waals surface area contributed by atoms with Gasteiger partial charge in [-0.1, -0.05) is 34.9 Å². The van der Waals surface area contributed by atoms with Gasteiger partial charge in [0.1, 0.15) is 62.2 Å². The maximum atomic E-state index is 15.0. The van der Waals surface area contributed by atoms with Gasteiger partial charge in [-0.25, -0.2) is 0 Å². The van der Waals surface area contributed by atoms with Gasteiger partial charge in [0.2, 0.25) is 10.9 Å². The normalized spacial score (nSPS) is 14.9. The number of aromatic hydroxyl groups is 5. The molecule has 1 aliphatic rings. The molecule has 6 N–H and O–H groups in total. The number of aliphatic hydroxyl groups is 1. The Kier molecular flexibility index (Phi) is 10.8. The first-order valence-electron chi connectivity index (χ1n) is 19.8. The third-order valence-corrected chi connectivity index (χ3v) is 11.2. The molecule has 6 aromatic rings. The van der Waals surface area contributed by atoms with Gasteiger partial charge >= 0.3 is 0 Å². The zero-order valence-corrected chi connectivity index (χ0v) is 35.8. The number of hydrogen-bond acceptors (Lipinski definition) is 13. The van der Waals surface area contributed by atoms with E-state index in [1.807, 2.05) is 53.7 Å². The fraction of sp³-hybridized carbons (Fsp3) is 0.333. The van der Waals surface area contributed by atoms with Gasteiger partial charge in [0.15, 0.2) is 23.0 Å². The van der Waals surface area contributed by atoms with Gasteiger partial charge in [0.25, 0.3) is 0 Å². The highest BCUT2D eigenvalue weighted by molar-refractivity contribution is 6.02. The lowest BCUT2D eigenvalue weighted by molar-refractivity contribution is -0.0297. The van der Waals surface area contributed by atoms with Crippen molar-refractivity contribution in [3.63, 3.8) is 0 Å². The number of allylic oxidation sites excluding steroid dienone is 6. The first kappa shape index (κ1) is 42.5. The number of methoxy groups -OCH3 is 2. The quantitative estimate of drug-likeness (QED) is 0.0563. The summed E-state index contributed by atoms with van der Waals surface area (Å²) < 4.78 is 30.2. The lowest BCUT2D eigenvalue weighted by atomic mass is 9.78. The van der Waals surface area contributed by atoms with E-state index in [1.54, 1.807) is 6.08 Å². The second-order valence-electron chi connectivity index (χ2n) is 16.9. The van der Waals surface area contributed by atoms with E-state index in [2.05, 4.69) is 0 Å². The molecular weight excluding hydrogens is 785 g/mol. The molecule has 0 bridgehead atoms. The smallest absolute Gasteiger partial charge is 0.204 e. The first-order valence-corrected chi connectivity index (χ1v) is 19.8. The summed E-state index contributed by atoms with van der Waals surface area (Å²) in [5.41, 5.74) is -0.473. The van der Waals surface area contributed by atoms with E-state index in [4.69, 9.17) is 23.0 Å². The third kappa shape index (κ3) is 6.96. The molecule has 0 saturated carbocycles. The van der Waals surface area contributed by atoms with Crippen molar-refractivity contribution < 1.29 is 53.7 Å². The highest BCUT2D eigenvalue weighted by atomic mass is 16.5. The van der Waals surface area contributed by atoms with Crippen LogP contribution in [0.5, 0.6) is 46.0 Å². The van der Waals surface area contributed by atoms with Gasteiger partial charge in [-0.3, -0.25) is 9.59 Å². The predicted octanol–water partition coefficient (Wildman–Crippen LogP) is 8.94. The Bertz CT molecular complexity index is 3030. The zero-order valence-electron chi connectivity index (χ0n) is 35.8. The number of benzene rings is 4. The molecular formula is C48H50O13. The van der Waals surface area contributed by atoms with Crippen LogP contribution in [0.25, 0.3) is 43.9 Å². The molecule has 0 aliphatic carbocycles. The molecule has 4 aromatic carbocycles. The van der Waals surface area contributed by atoms with Gasteiger partial charge in [0.05, 0.1) is 36.5 Å². The Hall–Kier alpha value is -6.60. The van der Waals surface area contributed by atoms with Crippen molar-refractivity contribution >= 4 is 43.9 Å². The van der Waals surface area contributed by atoms with Gasteiger partial charge in [-0.05, 0) is 74.7 Å². The van der Waals surface area contributed by atoms with E-state index in [9.17, 15) is 40.2 Å². The van der Waals surface area contributed by atoms with Crippen molar-refractivity contribution in [1.29, 1.82) is 0 Å². The highest BCUT2D eigenvalue weighted by Crippen LogP contribution is 2.57. The summed E-state index contributed by atoms with van der Waals surface area (Å²) >= 11 is 0. The van der Waals surface area contributed by atoms with Gasteiger partial charge < -0.3 is 53.7 Å². The van der Waals surface area contributed by atoms with Crippen molar-refractivity contribution in [2.45, 2.75) is 92.3 Å². The van der Waals surface area contributed by atoms with Crippen molar-refractivity contribution in [2.24, 2.45) is 0 Å². The van der Waals surface area contributed by atoms with E-state index < -0.39 is 45.7 Å². The van der Waals surface area contributed by atoms with Gasteiger partial charge in [-0.15, -0.1) is 0 Å². The van der Waals surface area contributed by atoms with Crippen LogP contribution in [-0.4, -0.2) is 56.6 Å². The fourth-order valence-corrected chi connectivity index (χ4v) is 8.37. The topological polar surface area (TPSA) is 209 Å². The average molecular weight is 835 g/mol. The number of phenolic OH excluding ortho intramolecular Hbond substituents is 5. The second-order valence-corrected chi connectivity index (χ2v) is 16.9. The van der Waals surface area contributed by atoms with Gasteiger partial charge in [0, 0.05) is 46.0 Å². The van der Waals surface area contributed by atoms with Crippen LogP contribution in [0.3, 0.4) is 0 Å². The van der Waals surface area contributed by atoms with E-state index in [0.717, 1.165) is 16.7 Å². The maximum absolute atomic E-state index is 15.0. The maximum Gasteiger partial charge on any atom is 0.204 e. The van der Waals surface area contributed by atoms with Crippen LogP contribution in [0.15, 0.2) is 71.6 Å². The lowest BCUT2D eigenvalue weighted by Gasteiger charge is -2.31. The Morgan fingerprint density at radius 1 is 0.623 bits per heavy atom. The predicted molar refractivity (Wildman–Crippen MR) is 233 cm³/mol. The van der Waals surface area contributed by atoms with Crippen molar-refractivity contribution in [3.8, 4) is 46.0 Å². The molecule has 7 rings (SSSR count). The van der Waals surface area contributed by atoms with Crippen molar-refractivity contribution in [1.82, 2.24) is 0 Å². The van der Waals surface area contributed by atoms with E-state index in [0.29, 0.717) is 11.1 Å². The summed E-state index contributed by atoms with van der Waals surface area (Å²) in [6, 6.07) is 3.85. The summed E-state index contributed by atoms with van der Waals surface area (Å²) in [4.78, 5) is 29.7. The molecule has 2 atom stereocenters. The molecule has 13 heteroatoms. The highest BCUT2D eigenvalue weighted by Gasteiger charge is 2.49. The summed E-state index contributed by atoms with van der Waals surface area (Å²) in [6.07, 6.45) is 4.43. The minimum atomic E-state index is -1.74. The standard InChI is InChI=1S/C48H50O13/c1-20(2)11-14-23-32-28(17-26(49)44(23)57-9)59-31-19-30-34(43(55)35(31)41(32)53)36(47(61-30)48(7,8)56)37-39(51)25(16-13-22(5)6)40(52)38-42(54)33-24(15-12-21(3)4)45(58-10)27(50)18-29(33)60-46(37)38/h11-13,17-19,36,47,49-52,55-56H,14-16H2,1-10H3/t36-,47+/m0/s1. The van der Waals surface area contributed by atoms with Gasteiger partial charge in [-0.2, -0.15) is 0 Å². The van der Waals surface area contributed by atoms with Crippen LogP contribution in [0.2, 0.25) is 0 Å². The van der Waals surface area contributed by atoms with Crippen molar-refractivity contribution in [3.05, 3.63) is 101 Å². The fourth-order valence-electron chi connectivity index (χ4n) is 8.37. The van der Waals surface area contributed by atoms with Crippen LogP contribution in [0.4, 0.5) is 0 Å². The molecule has 1 aliphatic heterocycles. The largest absolute Gasteiger partial charge is 0.507 e. The molecule has 0 amide bonds. The van der Waals surface area contributed by atoms with Crippen LogP contribution in [0.1, 0.15) is 89.1 Å². The summed E-state index contributed by atoms with van der Waals surface area (Å²) in [6.45, 7) is 14.1. The van der Waals surface area contributed by atoms with E-state index in [1.165, 1.54) is 46.3 Å². The molecule has 0 fully saturated rings. The Balaban J connectivity index is 1.66. The Morgan fingerprint density at radius 3 is 1.56 bits per heavy atom. The lowest BCUT2D eigenvalue weighted by Crippen LogP contribution is -2.42. The molecule has 3 heterocycles. The number of hydrogen-bond donors (Lipinski definition) is 6. The summed E-state index contributed by atoms with van der Waals surface area (Å²) in [7, 11) is 2.72. The third-order valence-electron chi connectivity index (χ3n) is 11.2. The number of phenols is 5. The monoisotopic (exact) mass is 834 g/mol. The molecule has 0 radical (unpaired) electrons. The number of ether oxygens (including phenoxy) is 3. The SMILES string of the molecule is COc1c(O)cc2oc3cc4c(c(O)c3c(=O)c2c1CC=C(C)C)[C@@H](c1c(O)c(CC=C(C)C)c(O)c2c(=O)c3c(CC=C(C)C)c(OC)c(O)cc3oc12)[C@H](C(C)(C)O)O4. The minimum absolute atomic E-state index is 0.0180. The molecule has 0 unspecified atom stereocenters. The second kappa shape index (κ2) is 15.5. The summed E-state index contributed by atoms with van der Waals surface area (Å²) in [5.74, 6) is -3.54. The molecule has 2 aromatic heterocycles. The first-order chi connectivity index (χ1) is 28.7. The van der Waals surface area contributed by atoms with Crippen LogP contribution in [0, 0.1) is 0 Å². The van der Waals surface area contributed by atoms with Crippen molar-refractivity contribution in [2.75, 3.05) is 14.2 Å². The van der Waals surface area contributed by atoms with E-state index in [-0.39, 0.29) is 109 Å². The van der Waals surface area contributed by atoms with E-state index >= 15 is 0 Å². The van der Waals surface area contributed by atoms with Crippen LogP contribution >= 0.6 is 0 Å². The Labute approximate surface area is 350 Å². The zero-order chi connectivity index (χ0) is 44.6. The minimum Gasteiger partial charge on any atom is -0.507 e. The Morgan fingerprint density at radius 2 is 1.08 bits per heavy atom. The average Bonchev–Trinajstić information content (AvgIpc) is 3.55. The molecule has 0 spiro atoms. The number of rotatable bonds is 10. The molecule has 0 saturated heterocycles. The molecule has 320 valence electrons. The summed E-state index contributed by atoms with van der Waals surface area (Å²) in [5, 5.41) is 70.2. The van der Waals surface area contributed by atoms with Crippen LogP contribution in [-0.2, 0) is 19.3 Å². The van der Waals surface area contributed by atoms with Crippen LogP contribution < -0.4 is 25.1 Å². The number of fused-ring (bicyclic) bond motifs is 5.